The molecule has 1 heterocycles. The minimum atomic E-state index is -0.529. The lowest BCUT2D eigenvalue weighted by atomic mass is 9.95. The molecule has 3 rings (SSSR count). The number of para-hydroxylation sites is 2. The Labute approximate surface area is 183 Å². The fourth-order valence-corrected chi connectivity index (χ4v) is 3.51. The molecule has 0 atom stereocenters. The lowest BCUT2D eigenvalue weighted by Gasteiger charge is -2.33. The van der Waals surface area contributed by atoms with Gasteiger partial charge in [0.15, 0.2) is 0 Å². The second-order valence-electron chi connectivity index (χ2n) is 8.92. The standard InChI is InChI=1S/C24H30N4O3/c1-24(2,3)23(31)26-18-8-6-7-17(15-18)22(30)27-19-9-4-5-10-20(19)28-13-11-16(12-14-28)21(25)29/h4-10,15-16H,11-14H2,1-3H3,(H2,25,29)(H,26,31)(H,27,30). The van der Waals surface area contributed by atoms with Gasteiger partial charge in [0, 0.05) is 35.7 Å². The number of primary amides is 1. The van der Waals surface area contributed by atoms with Gasteiger partial charge in [0.2, 0.25) is 11.8 Å². The molecule has 3 amide bonds. The highest BCUT2D eigenvalue weighted by atomic mass is 16.2. The van der Waals surface area contributed by atoms with E-state index < -0.39 is 5.41 Å². The van der Waals surface area contributed by atoms with Crippen LogP contribution in [0.5, 0.6) is 0 Å². The maximum absolute atomic E-state index is 12.9. The summed E-state index contributed by atoms with van der Waals surface area (Å²) < 4.78 is 0. The molecule has 31 heavy (non-hydrogen) atoms. The third-order valence-electron chi connectivity index (χ3n) is 5.45. The second kappa shape index (κ2) is 9.20. The minimum absolute atomic E-state index is 0.0935. The lowest BCUT2D eigenvalue weighted by Crippen LogP contribution is -2.38. The SMILES string of the molecule is CC(C)(C)C(=O)Nc1cccc(C(=O)Nc2ccccc2N2CCC(C(N)=O)CC2)c1. The van der Waals surface area contributed by atoms with Crippen LogP contribution in [0.25, 0.3) is 0 Å². The summed E-state index contributed by atoms with van der Waals surface area (Å²) in [5.41, 5.74) is 7.55. The van der Waals surface area contributed by atoms with Crippen LogP contribution in [0.2, 0.25) is 0 Å². The number of benzene rings is 2. The summed E-state index contributed by atoms with van der Waals surface area (Å²) in [5.74, 6) is -0.718. The quantitative estimate of drug-likeness (QED) is 0.684. The first-order valence-electron chi connectivity index (χ1n) is 10.5. The van der Waals surface area contributed by atoms with Gasteiger partial charge in [0.05, 0.1) is 11.4 Å². The number of rotatable bonds is 5. The van der Waals surface area contributed by atoms with Crippen LogP contribution in [-0.2, 0) is 9.59 Å². The fourth-order valence-electron chi connectivity index (χ4n) is 3.51. The molecule has 4 N–H and O–H groups in total. The highest BCUT2D eigenvalue weighted by molar-refractivity contribution is 6.07. The van der Waals surface area contributed by atoms with Gasteiger partial charge in [0.1, 0.15) is 0 Å². The van der Waals surface area contributed by atoms with Crippen molar-refractivity contribution in [3.8, 4) is 0 Å². The third kappa shape index (κ3) is 5.63. The molecule has 1 aliphatic rings. The van der Waals surface area contributed by atoms with Gasteiger partial charge in [-0.05, 0) is 43.2 Å². The Morgan fingerprint density at radius 3 is 2.29 bits per heavy atom. The van der Waals surface area contributed by atoms with Crippen molar-refractivity contribution in [2.45, 2.75) is 33.6 Å². The number of carbonyl (C=O) groups excluding carboxylic acids is 3. The Morgan fingerprint density at radius 2 is 1.65 bits per heavy atom. The number of hydrogen-bond acceptors (Lipinski definition) is 4. The molecule has 0 aliphatic carbocycles. The Kier molecular flexibility index (Phi) is 6.63. The van der Waals surface area contributed by atoms with Crippen LogP contribution < -0.4 is 21.3 Å². The first-order valence-corrected chi connectivity index (χ1v) is 10.5. The van der Waals surface area contributed by atoms with Crippen LogP contribution >= 0.6 is 0 Å². The molecule has 0 unspecified atom stereocenters. The predicted octanol–water partition coefficient (Wildman–Crippen LogP) is 3.63. The zero-order valence-electron chi connectivity index (χ0n) is 18.3. The van der Waals surface area contributed by atoms with Crippen molar-refractivity contribution in [3.63, 3.8) is 0 Å². The van der Waals surface area contributed by atoms with Crippen molar-refractivity contribution in [1.29, 1.82) is 0 Å². The molecule has 0 aromatic heterocycles. The predicted molar refractivity (Wildman–Crippen MR) is 123 cm³/mol. The van der Waals surface area contributed by atoms with Crippen molar-refractivity contribution < 1.29 is 14.4 Å². The Hall–Kier alpha value is -3.35. The van der Waals surface area contributed by atoms with Crippen molar-refractivity contribution in [1.82, 2.24) is 0 Å². The van der Waals surface area contributed by atoms with E-state index in [-0.39, 0.29) is 23.6 Å². The maximum Gasteiger partial charge on any atom is 0.255 e. The first-order chi connectivity index (χ1) is 14.6. The van der Waals surface area contributed by atoms with Crippen LogP contribution in [-0.4, -0.2) is 30.8 Å². The highest BCUT2D eigenvalue weighted by Crippen LogP contribution is 2.30. The van der Waals surface area contributed by atoms with E-state index >= 15 is 0 Å². The molecular weight excluding hydrogens is 392 g/mol. The second-order valence-corrected chi connectivity index (χ2v) is 8.92. The van der Waals surface area contributed by atoms with E-state index in [1.807, 2.05) is 45.0 Å². The smallest absolute Gasteiger partial charge is 0.255 e. The maximum atomic E-state index is 12.9. The minimum Gasteiger partial charge on any atom is -0.370 e. The van der Waals surface area contributed by atoms with Crippen molar-refractivity contribution in [3.05, 3.63) is 54.1 Å². The zero-order valence-corrected chi connectivity index (χ0v) is 18.3. The average molecular weight is 423 g/mol. The van der Waals surface area contributed by atoms with Crippen molar-refractivity contribution in [2.24, 2.45) is 17.1 Å². The van der Waals surface area contributed by atoms with Gasteiger partial charge in [-0.2, -0.15) is 0 Å². The van der Waals surface area contributed by atoms with Gasteiger partial charge in [-0.15, -0.1) is 0 Å². The van der Waals surface area contributed by atoms with Gasteiger partial charge in [0.25, 0.3) is 5.91 Å². The molecule has 0 radical (unpaired) electrons. The molecule has 2 aromatic carbocycles. The summed E-state index contributed by atoms with van der Waals surface area (Å²) in [6, 6.07) is 14.5. The average Bonchev–Trinajstić information content (AvgIpc) is 2.73. The Morgan fingerprint density at radius 1 is 0.968 bits per heavy atom. The normalized spacial score (nSPS) is 14.7. The fraction of sp³-hybridized carbons (Fsp3) is 0.375. The number of amides is 3. The summed E-state index contributed by atoms with van der Waals surface area (Å²) in [6.07, 6.45) is 1.40. The molecular formula is C24H30N4O3. The largest absolute Gasteiger partial charge is 0.370 e. The topological polar surface area (TPSA) is 105 Å². The van der Waals surface area contributed by atoms with Crippen LogP contribution in [0.3, 0.4) is 0 Å². The molecule has 0 saturated carbocycles. The van der Waals surface area contributed by atoms with Gasteiger partial charge < -0.3 is 21.3 Å². The summed E-state index contributed by atoms with van der Waals surface area (Å²) in [4.78, 5) is 38.8. The highest BCUT2D eigenvalue weighted by Gasteiger charge is 2.25. The van der Waals surface area contributed by atoms with E-state index in [1.165, 1.54) is 0 Å². The molecule has 7 heteroatoms. The summed E-state index contributed by atoms with van der Waals surface area (Å²) in [6.45, 7) is 6.91. The van der Waals surface area contributed by atoms with Crippen LogP contribution in [0.15, 0.2) is 48.5 Å². The molecule has 0 spiro atoms. The van der Waals surface area contributed by atoms with E-state index in [9.17, 15) is 14.4 Å². The van der Waals surface area contributed by atoms with Crippen LogP contribution in [0.1, 0.15) is 44.0 Å². The van der Waals surface area contributed by atoms with Gasteiger partial charge in [-0.1, -0.05) is 39.0 Å². The number of nitrogens with two attached hydrogens (primary N) is 1. The molecule has 1 fully saturated rings. The van der Waals surface area contributed by atoms with E-state index in [0.717, 1.165) is 5.69 Å². The van der Waals surface area contributed by atoms with Gasteiger partial charge in [-0.25, -0.2) is 0 Å². The number of hydrogen-bond donors (Lipinski definition) is 3. The number of nitrogens with one attached hydrogen (secondary N) is 2. The third-order valence-corrected chi connectivity index (χ3v) is 5.45. The van der Waals surface area contributed by atoms with E-state index in [0.29, 0.717) is 42.9 Å². The van der Waals surface area contributed by atoms with E-state index in [4.69, 9.17) is 5.73 Å². The summed E-state index contributed by atoms with van der Waals surface area (Å²) in [5, 5.41) is 5.84. The summed E-state index contributed by atoms with van der Waals surface area (Å²) >= 11 is 0. The van der Waals surface area contributed by atoms with Gasteiger partial charge >= 0.3 is 0 Å². The molecule has 7 nitrogen and oxygen atoms in total. The number of carbonyl (C=O) groups is 3. The van der Waals surface area contributed by atoms with Crippen LogP contribution in [0, 0.1) is 11.3 Å². The lowest BCUT2D eigenvalue weighted by molar-refractivity contribution is -0.123. The van der Waals surface area contributed by atoms with Crippen LogP contribution in [0.4, 0.5) is 17.1 Å². The number of piperidine rings is 1. The molecule has 0 bridgehead atoms. The molecule has 1 aliphatic heterocycles. The van der Waals surface area contributed by atoms with E-state index in [1.54, 1.807) is 24.3 Å². The first kappa shape index (κ1) is 22.3. The Balaban J connectivity index is 1.73. The van der Waals surface area contributed by atoms with Gasteiger partial charge in [-0.3, -0.25) is 14.4 Å². The molecule has 164 valence electrons. The number of anilines is 3. The zero-order chi connectivity index (χ0) is 22.6. The molecule has 2 aromatic rings. The van der Waals surface area contributed by atoms with Crippen molar-refractivity contribution >= 4 is 34.8 Å². The van der Waals surface area contributed by atoms with E-state index in [2.05, 4.69) is 15.5 Å². The van der Waals surface area contributed by atoms with Crippen molar-refractivity contribution in [2.75, 3.05) is 28.6 Å². The molecule has 1 saturated heterocycles. The number of nitrogens with zero attached hydrogens (tertiary/aromatic N) is 1. The Bertz CT molecular complexity index is 973. The monoisotopic (exact) mass is 422 g/mol. The summed E-state index contributed by atoms with van der Waals surface area (Å²) in [7, 11) is 0.